The van der Waals surface area contributed by atoms with Crippen molar-refractivity contribution in [1.29, 1.82) is 0 Å². The molecule has 0 saturated carbocycles. The minimum Gasteiger partial charge on any atom is -0.461 e. The number of esters is 1. The van der Waals surface area contributed by atoms with Crippen molar-refractivity contribution < 1.29 is 19.1 Å². The Morgan fingerprint density at radius 2 is 1.88 bits per heavy atom. The highest BCUT2D eigenvalue weighted by atomic mass is 16.5. The van der Waals surface area contributed by atoms with Gasteiger partial charge in [0.25, 0.3) is 0 Å². The van der Waals surface area contributed by atoms with Crippen LogP contribution in [0, 0.1) is 0 Å². The first kappa shape index (κ1) is 16.5. The van der Waals surface area contributed by atoms with E-state index in [-0.39, 0.29) is 24.9 Å². The molecule has 0 atom stereocenters. The number of imidazole rings is 1. The van der Waals surface area contributed by atoms with Gasteiger partial charge in [-0.05, 0) is 24.6 Å². The molecule has 7 nitrogen and oxygen atoms in total. The number of carbonyl (C=O) groups is 2. The van der Waals surface area contributed by atoms with Gasteiger partial charge < -0.3 is 9.47 Å². The zero-order chi connectivity index (χ0) is 17.6. The highest BCUT2D eigenvalue weighted by molar-refractivity contribution is 5.90. The monoisotopic (exact) mass is 339 g/mol. The molecule has 0 aliphatic carbocycles. The van der Waals surface area contributed by atoms with Crippen LogP contribution in [0.2, 0.25) is 0 Å². The van der Waals surface area contributed by atoms with Crippen LogP contribution >= 0.6 is 0 Å². The molecule has 0 bridgehead atoms. The van der Waals surface area contributed by atoms with E-state index in [2.05, 4.69) is 10.3 Å². The third kappa shape index (κ3) is 3.77. The summed E-state index contributed by atoms with van der Waals surface area (Å²) in [6.45, 7) is 2.12. The van der Waals surface area contributed by atoms with Crippen molar-refractivity contribution in [2.75, 3.05) is 11.9 Å². The standard InChI is InChI=1S/C18H17N3O4/c1-2-24-16(22)15-10-6-9-14-11-19-17(21(14)15)20-18(23)25-12-13-7-4-3-5-8-13/h3-11H,2,12H2,1H3,(H,19,20,23). The molecule has 0 aliphatic rings. The van der Waals surface area contributed by atoms with Gasteiger partial charge in [0.15, 0.2) is 0 Å². The van der Waals surface area contributed by atoms with Crippen LogP contribution in [-0.4, -0.2) is 28.1 Å². The molecule has 0 fully saturated rings. The Morgan fingerprint density at radius 1 is 1.08 bits per heavy atom. The van der Waals surface area contributed by atoms with E-state index in [0.29, 0.717) is 5.52 Å². The summed E-state index contributed by atoms with van der Waals surface area (Å²) in [5, 5.41) is 2.56. The van der Waals surface area contributed by atoms with Crippen molar-refractivity contribution in [1.82, 2.24) is 9.38 Å². The van der Waals surface area contributed by atoms with E-state index >= 15 is 0 Å². The van der Waals surface area contributed by atoms with E-state index < -0.39 is 12.1 Å². The number of aromatic nitrogens is 2. The fourth-order valence-corrected chi connectivity index (χ4v) is 2.35. The lowest BCUT2D eigenvalue weighted by Crippen LogP contribution is -2.18. The van der Waals surface area contributed by atoms with Gasteiger partial charge in [-0.3, -0.25) is 9.72 Å². The molecule has 0 aliphatic heterocycles. The van der Waals surface area contributed by atoms with Crippen molar-refractivity contribution in [3.05, 3.63) is 66.0 Å². The Hall–Kier alpha value is -3.35. The summed E-state index contributed by atoms with van der Waals surface area (Å²) < 4.78 is 11.7. The molecule has 128 valence electrons. The smallest absolute Gasteiger partial charge is 0.414 e. The second kappa shape index (κ2) is 7.48. The minimum atomic E-state index is -0.657. The van der Waals surface area contributed by atoms with Crippen LogP contribution in [-0.2, 0) is 16.1 Å². The number of carbonyl (C=O) groups excluding carboxylic acids is 2. The molecule has 7 heteroatoms. The second-order valence-electron chi connectivity index (χ2n) is 5.16. The molecule has 0 radical (unpaired) electrons. The predicted octanol–water partition coefficient (Wildman–Crippen LogP) is 3.26. The molecule has 1 N–H and O–H groups in total. The van der Waals surface area contributed by atoms with Crippen molar-refractivity contribution in [2.24, 2.45) is 0 Å². The molecular weight excluding hydrogens is 322 g/mol. The number of amides is 1. The van der Waals surface area contributed by atoms with E-state index in [0.717, 1.165) is 5.56 Å². The van der Waals surface area contributed by atoms with Gasteiger partial charge in [0.1, 0.15) is 12.3 Å². The SMILES string of the molecule is CCOC(=O)c1cccc2cnc(NC(=O)OCc3ccccc3)n12. The maximum atomic E-state index is 12.1. The van der Waals surface area contributed by atoms with E-state index in [1.54, 1.807) is 31.3 Å². The first-order valence-electron chi connectivity index (χ1n) is 7.80. The van der Waals surface area contributed by atoms with Crippen LogP contribution in [0.5, 0.6) is 0 Å². The zero-order valence-electron chi connectivity index (χ0n) is 13.6. The van der Waals surface area contributed by atoms with Gasteiger partial charge in [0.2, 0.25) is 5.95 Å². The van der Waals surface area contributed by atoms with Crippen LogP contribution < -0.4 is 5.32 Å². The summed E-state index contributed by atoms with van der Waals surface area (Å²) in [5.74, 6) is -0.302. The maximum absolute atomic E-state index is 12.1. The summed E-state index contributed by atoms with van der Waals surface area (Å²) in [6, 6.07) is 14.4. The lowest BCUT2D eigenvalue weighted by molar-refractivity contribution is 0.0517. The van der Waals surface area contributed by atoms with Crippen molar-refractivity contribution in [3.8, 4) is 0 Å². The first-order chi connectivity index (χ1) is 12.2. The van der Waals surface area contributed by atoms with Gasteiger partial charge in [-0.15, -0.1) is 0 Å². The molecule has 0 spiro atoms. The zero-order valence-corrected chi connectivity index (χ0v) is 13.6. The van der Waals surface area contributed by atoms with Gasteiger partial charge in [0, 0.05) is 0 Å². The molecule has 3 aromatic rings. The summed E-state index contributed by atoms with van der Waals surface area (Å²) in [4.78, 5) is 28.3. The van der Waals surface area contributed by atoms with Crippen LogP contribution in [0.1, 0.15) is 23.0 Å². The second-order valence-corrected chi connectivity index (χ2v) is 5.16. The Labute approximate surface area is 144 Å². The Morgan fingerprint density at radius 3 is 2.64 bits per heavy atom. The van der Waals surface area contributed by atoms with Gasteiger partial charge in [-0.2, -0.15) is 0 Å². The van der Waals surface area contributed by atoms with Gasteiger partial charge in [0.05, 0.1) is 18.3 Å². The van der Waals surface area contributed by atoms with Crippen molar-refractivity contribution >= 4 is 23.5 Å². The van der Waals surface area contributed by atoms with Crippen LogP contribution in [0.15, 0.2) is 54.7 Å². The van der Waals surface area contributed by atoms with Crippen LogP contribution in [0.4, 0.5) is 10.7 Å². The third-order valence-electron chi connectivity index (χ3n) is 3.46. The number of anilines is 1. The Bertz CT molecular complexity index is 890. The number of nitrogens with one attached hydrogen (secondary N) is 1. The molecule has 1 aromatic carbocycles. The molecular formula is C18H17N3O4. The number of rotatable bonds is 5. The number of pyridine rings is 1. The number of fused-ring (bicyclic) bond motifs is 1. The topological polar surface area (TPSA) is 81.9 Å². The fraction of sp³-hybridized carbons (Fsp3) is 0.167. The molecule has 0 saturated heterocycles. The Kier molecular flexibility index (Phi) is 4.94. The quantitative estimate of drug-likeness (QED) is 0.722. The molecule has 1 amide bonds. The van der Waals surface area contributed by atoms with Crippen molar-refractivity contribution in [3.63, 3.8) is 0 Å². The fourth-order valence-electron chi connectivity index (χ4n) is 2.35. The molecule has 0 unspecified atom stereocenters. The van der Waals surface area contributed by atoms with E-state index in [1.165, 1.54) is 4.40 Å². The number of ether oxygens (including phenoxy) is 2. The van der Waals surface area contributed by atoms with Crippen molar-refractivity contribution in [2.45, 2.75) is 13.5 Å². The third-order valence-corrected chi connectivity index (χ3v) is 3.46. The van der Waals surface area contributed by atoms with Crippen LogP contribution in [0.25, 0.3) is 5.52 Å². The number of hydrogen-bond donors (Lipinski definition) is 1. The average Bonchev–Trinajstić information content (AvgIpc) is 3.04. The normalized spacial score (nSPS) is 10.4. The van der Waals surface area contributed by atoms with Crippen LogP contribution in [0.3, 0.4) is 0 Å². The summed E-state index contributed by atoms with van der Waals surface area (Å²) in [6.07, 6.45) is 0.894. The van der Waals surface area contributed by atoms with Gasteiger partial charge in [-0.1, -0.05) is 36.4 Å². The summed E-state index contributed by atoms with van der Waals surface area (Å²) >= 11 is 0. The predicted molar refractivity (Wildman–Crippen MR) is 91.4 cm³/mol. The highest BCUT2D eigenvalue weighted by Crippen LogP contribution is 2.16. The molecule has 25 heavy (non-hydrogen) atoms. The first-order valence-corrected chi connectivity index (χ1v) is 7.80. The molecule has 3 rings (SSSR count). The van der Waals surface area contributed by atoms with E-state index in [9.17, 15) is 9.59 Å². The minimum absolute atomic E-state index is 0.140. The Balaban J connectivity index is 1.77. The van der Waals surface area contributed by atoms with E-state index in [4.69, 9.17) is 9.47 Å². The van der Waals surface area contributed by atoms with Gasteiger partial charge in [-0.25, -0.2) is 14.6 Å². The number of nitrogens with zero attached hydrogens (tertiary/aromatic N) is 2. The average molecular weight is 339 g/mol. The lowest BCUT2D eigenvalue weighted by Gasteiger charge is -2.09. The lowest BCUT2D eigenvalue weighted by atomic mass is 10.2. The molecule has 2 aromatic heterocycles. The maximum Gasteiger partial charge on any atom is 0.414 e. The highest BCUT2D eigenvalue weighted by Gasteiger charge is 2.16. The summed E-state index contributed by atoms with van der Waals surface area (Å²) in [7, 11) is 0. The van der Waals surface area contributed by atoms with E-state index in [1.807, 2.05) is 30.3 Å². The molecule has 2 heterocycles. The number of hydrogen-bond acceptors (Lipinski definition) is 5. The summed E-state index contributed by atoms with van der Waals surface area (Å²) in [5.41, 5.74) is 1.80. The number of benzene rings is 1. The largest absolute Gasteiger partial charge is 0.461 e. The van der Waals surface area contributed by atoms with Gasteiger partial charge >= 0.3 is 12.1 Å².